The van der Waals surface area contributed by atoms with Crippen molar-refractivity contribution >= 4 is 25.0 Å². The molecule has 0 spiro atoms. The van der Waals surface area contributed by atoms with Crippen LogP contribution < -0.4 is 0 Å². The Kier molecular flexibility index (Phi) is 7.90. The molecule has 0 aliphatic heterocycles. The molecule has 0 radical (unpaired) electrons. The van der Waals surface area contributed by atoms with E-state index in [9.17, 15) is 0 Å². The first-order valence-electron chi connectivity index (χ1n) is 15.1. The zero-order valence-corrected chi connectivity index (χ0v) is 28.8. The standard InChI is InChI=1S/C30H58O3Si3/c1-21(31-34(4,5)6)25-15-16-26-24-14-13-22-19-23(32-35(7,8)9)17-18-29(22,2)28(24)27(20-30(25,26)3)33-36(10,11)12/h13,21,23-28H,14-20H2,1-12H3/t21-,23+,24?,25-,26?,27+,28?,29+,30-/m1/s1. The van der Waals surface area contributed by atoms with E-state index in [1.807, 2.05) is 0 Å². The molecule has 9 atom stereocenters. The molecule has 3 saturated carbocycles. The third-order valence-corrected chi connectivity index (χ3v) is 13.3. The Balaban J connectivity index is 1.66. The van der Waals surface area contributed by atoms with Crippen LogP contribution in [-0.2, 0) is 13.3 Å². The van der Waals surface area contributed by atoms with Crippen molar-refractivity contribution in [3.63, 3.8) is 0 Å². The van der Waals surface area contributed by atoms with Gasteiger partial charge in [-0.2, -0.15) is 0 Å². The molecule has 3 nitrogen and oxygen atoms in total. The molecule has 4 rings (SSSR count). The molecule has 208 valence electrons. The largest absolute Gasteiger partial charge is 0.415 e. The van der Waals surface area contributed by atoms with Crippen LogP contribution in [0.1, 0.15) is 65.7 Å². The number of rotatable bonds is 7. The Bertz CT molecular complexity index is 838. The summed E-state index contributed by atoms with van der Waals surface area (Å²) in [5, 5.41) is 0. The summed E-state index contributed by atoms with van der Waals surface area (Å²) in [6, 6.07) is 0. The van der Waals surface area contributed by atoms with Crippen molar-refractivity contribution in [3.05, 3.63) is 11.6 Å². The molecule has 0 saturated heterocycles. The molecule has 0 heterocycles. The lowest BCUT2D eigenvalue weighted by molar-refractivity contribution is -0.126. The average Bonchev–Trinajstić information content (AvgIpc) is 3.01. The van der Waals surface area contributed by atoms with E-state index in [1.165, 1.54) is 38.5 Å². The predicted molar refractivity (Wildman–Crippen MR) is 161 cm³/mol. The molecule has 0 aromatic heterocycles. The van der Waals surface area contributed by atoms with E-state index in [-0.39, 0.29) is 5.41 Å². The van der Waals surface area contributed by atoms with E-state index in [1.54, 1.807) is 5.57 Å². The quantitative estimate of drug-likeness (QED) is 0.234. The van der Waals surface area contributed by atoms with Crippen LogP contribution in [0.5, 0.6) is 0 Å². The fourth-order valence-electron chi connectivity index (χ4n) is 9.34. The molecule has 6 heteroatoms. The van der Waals surface area contributed by atoms with E-state index in [0.717, 1.165) is 18.3 Å². The smallest absolute Gasteiger partial charge is 0.184 e. The Hall–Kier alpha value is 0.271. The fourth-order valence-corrected chi connectivity index (χ4v) is 13.0. The number of hydrogen-bond donors (Lipinski definition) is 0. The molecule has 3 fully saturated rings. The summed E-state index contributed by atoms with van der Waals surface area (Å²) in [6.45, 7) is 28.9. The van der Waals surface area contributed by atoms with Gasteiger partial charge in [0.1, 0.15) is 0 Å². The molecule has 3 unspecified atom stereocenters. The molecule has 36 heavy (non-hydrogen) atoms. The molecule has 4 aliphatic rings. The van der Waals surface area contributed by atoms with Gasteiger partial charge in [0.2, 0.25) is 0 Å². The molecule has 0 amide bonds. The highest BCUT2D eigenvalue weighted by molar-refractivity contribution is 6.70. The van der Waals surface area contributed by atoms with E-state index in [2.05, 4.69) is 85.8 Å². The number of hydrogen-bond acceptors (Lipinski definition) is 3. The van der Waals surface area contributed by atoms with Crippen molar-refractivity contribution < 1.29 is 13.3 Å². The predicted octanol–water partition coefficient (Wildman–Crippen LogP) is 8.86. The Morgan fingerprint density at radius 2 is 1.50 bits per heavy atom. The van der Waals surface area contributed by atoms with Gasteiger partial charge >= 0.3 is 0 Å². The number of allylic oxidation sites excluding steroid dienone is 1. The summed E-state index contributed by atoms with van der Waals surface area (Å²) in [7, 11) is -4.78. The van der Waals surface area contributed by atoms with E-state index in [4.69, 9.17) is 13.3 Å². The lowest BCUT2D eigenvalue weighted by Gasteiger charge is -2.62. The monoisotopic (exact) mass is 550 g/mol. The first-order valence-corrected chi connectivity index (χ1v) is 25.3. The second kappa shape index (κ2) is 9.72. The van der Waals surface area contributed by atoms with Gasteiger partial charge in [-0.05, 0) is 145 Å². The third kappa shape index (κ3) is 5.89. The third-order valence-electron chi connectivity index (χ3n) is 10.2. The SMILES string of the molecule is C[C@@H](O[Si](C)(C)C)[C@H]1CCC2C3CC=C4C[C@@H](O[Si](C)(C)C)CC[C@]4(C)C3[C@@H](O[Si](C)(C)C)C[C@@]21C. The Morgan fingerprint density at radius 1 is 0.861 bits per heavy atom. The first kappa shape index (κ1) is 29.3. The van der Waals surface area contributed by atoms with Gasteiger partial charge in [-0.25, -0.2) is 0 Å². The maximum Gasteiger partial charge on any atom is 0.184 e. The van der Waals surface area contributed by atoms with E-state index < -0.39 is 25.0 Å². The van der Waals surface area contributed by atoms with Crippen molar-refractivity contribution in [2.75, 3.05) is 0 Å². The minimum absolute atomic E-state index is 0.270. The van der Waals surface area contributed by atoms with Crippen LogP contribution in [0.25, 0.3) is 0 Å². The van der Waals surface area contributed by atoms with Gasteiger partial charge in [0.05, 0.1) is 0 Å². The van der Waals surface area contributed by atoms with Gasteiger partial charge in [-0.1, -0.05) is 25.5 Å². The lowest BCUT2D eigenvalue weighted by atomic mass is 9.46. The average molecular weight is 551 g/mol. The van der Waals surface area contributed by atoms with Crippen molar-refractivity contribution in [3.8, 4) is 0 Å². The number of fused-ring (bicyclic) bond motifs is 5. The van der Waals surface area contributed by atoms with Crippen LogP contribution in [0, 0.1) is 34.5 Å². The Morgan fingerprint density at radius 3 is 2.08 bits per heavy atom. The van der Waals surface area contributed by atoms with Gasteiger partial charge < -0.3 is 13.3 Å². The highest BCUT2D eigenvalue weighted by Crippen LogP contribution is 2.67. The topological polar surface area (TPSA) is 27.7 Å². The highest BCUT2D eigenvalue weighted by Gasteiger charge is 2.63. The summed E-state index contributed by atoms with van der Waals surface area (Å²) < 4.78 is 20.6. The van der Waals surface area contributed by atoms with Crippen LogP contribution >= 0.6 is 0 Å². The summed E-state index contributed by atoms with van der Waals surface area (Å²) in [4.78, 5) is 0. The first-order chi connectivity index (χ1) is 16.3. The van der Waals surface area contributed by atoms with Gasteiger partial charge in [0, 0.05) is 18.3 Å². The Labute approximate surface area is 226 Å². The van der Waals surface area contributed by atoms with Crippen LogP contribution in [0.15, 0.2) is 11.6 Å². The van der Waals surface area contributed by atoms with Gasteiger partial charge in [0.15, 0.2) is 25.0 Å². The van der Waals surface area contributed by atoms with Gasteiger partial charge in [-0.3, -0.25) is 0 Å². The fraction of sp³-hybridized carbons (Fsp3) is 0.933. The molecule has 0 bridgehead atoms. The van der Waals surface area contributed by atoms with Crippen LogP contribution in [0.3, 0.4) is 0 Å². The summed E-state index contributed by atoms with van der Waals surface area (Å²) in [5.41, 5.74) is 2.30. The second-order valence-electron chi connectivity index (χ2n) is 16.4. The normalized spacial score (nSPS) is 42.3. The highest BCUT2D eigenvalue weighted by atomic mass is 28.4. The zero-order chi connectivity index (χ0) is 26.9. The second-order valence-corrected chi connectivity index (χ2v) is 29.8. The lowest BCUT2D eigenvalue weighted by Crippen LogP contribution is -2.59. The summed E-state index contributed by atoms with van der Waals surface area (Å²) in [5.74, 6) is 2.86. The van der Waals surface area contributed by atoms with Crippen LogP contribution in [0.4, 0.5) is 0 Å². The maximum atomic E-state index is 7.23. The van der Waals surface area contributed by atoms with E-state index in [0.29, 0.717) is 35.6 Å². The van der Waals surface area contributed by atoms with Crippen LogP contribution in [-0.4, -0.2) is 43.3 Å². The minimum Gasteiger partial charge on any atom is -0.415 e. The molecule has 0 N–H and O–H groups in total. The molecule has 4 aliphatic carbocycles. The van der Waals surface area contributed by atoms with Crippen molar-refractivity contribution in [2.45, 2.75) is 143 Å². The van der Waals surface area contributed by atoms with Crippen LogP contribution in [0.2, 0.25) is 58.9 Å². The van der Waals surface area contributed by atoms with Crippen molar-refractivity contribution in [1.29, 1.82) is 0 Å². The minimum atomic E-state index is -1.68. The summed E-state index contributed by atoms with van der Waals surface area (Å²) in [6.07, 6.45) is 12.7. The molecule has 0 aromatic rings. The summed E-state index contributed by atoms with van der Waals surface area (Å²) >= 11 is 0. The maximum absolute atomic E-state index is 7.23. The van der Waals surface area contributed by atoms with Crippen molar-refractivity contribution in [1.82, 2.24) is 0 Å². The van der Waals surface area contributed by atoms with E-state index >= 15 is 0 Å². The molecule has 0 aromatic carbocycles. The molecular weight excluding hydrogens is 493 g/mol. The zero-order valence-electron chi connectivity index (χ0n) is 25.8. The van der Waals surface area contributed by atoms with Gasteiger partial charge in [-0.15, -0.1) is 0 Å². The molecular formula is C30H58O3Si3. The van der Waals surface area contributed by atoms with Gasteiger partial charge in [0.25, 0.3) is 0 Å². The van der Waals surface area contributed by atoms with Crippen molar-refractivity contribution in [2.24, 2.45) is 34.5 Å².